The molecule has 0 spiro atoms. The molecule has 3 heterocycles. The van der Waals surface area contributed by atoms with Gasteiger partial charge in [-0.15, -0.1) is 0 Å². The first-order valence-corrected chi connectivity index (χ1v) is 12.3. The lowest BCUT2D eigenvalue weighted by Gasteiger charge is -2.34. The van der Waals surface area contributed by atoms with E-state index in [1.54, 1.807) is 20.4 Å². The number of amides is 1. The van der Waals surface area contributed by atoms with E-state index in [9.17, 15) is 4.79 Å². The van der Waals surface area contributed by atoms with Crippen LogP contribution in [0, 0.1) is 0 Å². The van der Waals surface area contributed by atoms with Crippen molar-refractivity contribution >= 4 is 5.91 Å². The number of methoxy groups -OCH3 is 2. The largest absolute Gasteiger partial charge is 0.496 e. The number of nitrogens with zero attached hydrogens (tertiary/aromatic N) is 4. The Morgan fingerprint density at radius 1 is 0.971 bits per heavy atom. The minimum Gasteiger partial charge on any atom is -0.496 e. The average Bonchev–Trinajstić information content (AvgIpc) is 2.92. The zero-order valence-electron chi connectivity index (χ0n) is 20.9. The summed E-state index contributed by atoms with van der Waals surface area (Å²) >= 11 is 0. The first-order chi connectivity index (χ1) is 17.1. The van der Waals surface area contributed by atoms with E-state index in [4.69, 9.17) is 14.5 Å². The Labute approximate surface area is 207 Å². The van der Waals surface area contributed by atoms with E-state index in [1.165, 1.54) is 0 Å². The highest BCUT2D eigenvalue weighted by Crippen LogP contribution is 2.40. The molecule has 0 atom stereocenters. The lowest BCUT2D eigenvalue weighted by atomic mass is 9.97. The fraction of sp³-hybridized carbons (Fsp3) is 0.393. The van der Waals surface area contributed by atoms with Crippen LogP contribution in [0.25, 0.3) is 11.1 Å². The Bertz CT molecular complexity index is 1110. The molecule has 0 N–H and O–H groups in total. The van der Waals surface area contributed by atoms with E-state index < -0.39 is 0 Å². The zero-order valence-corrected chi connectivity index (χ0v) is 20.9. The molecule has 35 heavy (non-hydrogen) atoms. The van der Waals surface area contributed by atoms with Crippen LogP contribution in [0.5, 0.6) is 11.5 Å². The van der Waals surface area contributed by atoms with Gasteiger partial charge < -0.3 is 14.4 Å². The molecule has 1 saturated heterocycles. The molecule has 0 unspecified atom stereocenters. The molecular weight excluding hydrogens is 440 g/mol. The third-order valence-corrected chi connectivity index (χ3v) is 6.45. The van der Waals surface area contributed by atoms with Gasteiger partial charge in [-0.2, -0.15) is 0 Å². The van der Waals surface area contributed by atoms with Gasteiger partial charge in [-0.25, -0.2) is 0 Å². The number of hydrogen-bond donors (Lipinski definition) is 0. The van der Waals surface area contributed by atoms with Gasteiger partial charge in [0.2, 0.25) is 0 Å². The highest BCUT2D eigenvalue weighted by Gasteiger charge is 2.25. The summed E-state index contributed by atoms with van der Waals surface area (Å²) in [5.74, 6) is 1.42. The summed E-state index contributed by atoms with van der Waals surface area (Å²) in [7, 11) is 3.30. The molecule has 1 fully saturated rings. The van der Waals surface area contributed by atoms with Gasteiger partial charge in [-0.1, -0.05) is 25.5 Å². The van der Waals surface area contributed by atoms with Gasteiger partial charge in [0.05, 0.1) is 31.0 Å². The van der Waals surface area contributed by atoms with Crippen molar-refractivity contribution in [1.82, 2.24) is 19.8 Å². The predicted octanol–water partition coefficient (Wildman–Crippen LogP) is 4.46. The molecule has 0 radical (unpaired) electrons. The molecule has 7 heteroatoms. The van der Waals surface area contributed by atoms with Crippen molar-refractivity contribution < 1.29 is 14.3 Å². The molecule has 0 aliphatic carbocycles. The number of benzene rings is 1. The normalized spacial score (nSPS) is 14.1. The fourth-order valence-corrected chi connectivity index (χ4v) is 4.50. The molecule has 2 aromatic heterocycles. The predicted molar refractivity (Wildman–Crippen MR) is 137 cm³/mol. The number of carbonyl (C=O) groups is 1. The van der Waals surface area contributed by atoms with Crippen molar-refractivity contribution in [2.45, 2.75) is 32.7 Å². The van der Waals surface area contributed by atoms with Crippen molar-refractivity contribution in [2.24, 2.45) is 0 Å². The molecule has 1 aliphatic rings. The third kappa shape index (κ3) is 5.80. The number of carbonyl (C=O) groups excluding carboxylic acids is 1. The SMILES string of the molecule is CCCCc1ncc(C(=O)N2CCN(Cc3ccccn3)CC2)cc1-c1c(OC)cccc1OC. The lowest BCUT2D eigenvalue weighted by molar-refractivity contribution is 0.0626. The first-order valence-electron chi connectivity index (χ1n) is 12.3. The van der Waals surface area contributed by atoms with Gasteiger partial charge in [0.25, 0.3) is 5.91 Å². The molecular formula is C28H34N4O3. The Morgan fingerprint density at radius 2 is 1.71 bits per heavy atom. The number of pyridine rings is 2. The van der Waals surface area contributed by atoms with Crippen molar-refractivity contribution in [3.63, 3.8) is 0 Å². The monoisotopic (exact) mass is 474 g/mol. The van der Waals surface area contributed by atoms with Crippen LogP contribution in [0.2, 0.25) is 0 Å². The minimum atomic E-state index is 0.00661. The number of hydrogen-bond acceptors (Lipinski definition) is 6. The summed E-state index contributed by atoms with van der Waals surface area (Å²) in [5.41, 5.74) is 4.32. The van der Waals surface area contributed by atoms with Crippen LogP contribution in [-0.2, 0) is 13.0 Å². The Balaban J connectivity index is 1.56. The summed E-state index contributed by atoms with van der Waals surface area (Å²) in [5, 5.41) is 0. The second kappa shape index (κ2) is 11.8. The fourth-order valence-electron chi connectivity index (χ4n) is 4.50. The number of piperazine rings is 1. The van der Waals surface area contributed by atoms with E-state index in [0.29, 0.717) is 30.2 Å². The number of aryl methyl sites for hydroxylation is 1. The van der Waals surface area contributed by atoms with Gasteiger partial charge in [-0.3, -0.25) is 19.7 Å². The zero-order chi connectivity index (χ0) is 24.6. The van der Waals surface area contributed by atoms with E-state index in [2.05, 4.69) is 16.8 Å². The topological polar surface area (TPSA) is 67.8 Å². The van der Waals surface area contributed by atoms with Crippen LogP contribution in [0.15, 0.2) is 54.9 Å². The molecule has 3 aromatic rings. The molecule has 7 nitrogen and oxygen atoms in total. The molecule has 1 aromatic carbocycles. The van der Waals surface area contributed by atoms with Gasteiger partial charge in [0, 0.05) is 56.4 Å². The first kappa shape index (κ1) is 24.7. The second-order valence-corrected chi connectivity index (χ2v) is 8.75. The number of aromatic nitrogens is 2. The van der Waals surface area contributed by atoms with Crippen molar-refractivity contribution in [3.05, 3.63) is 71.8 Å². The van der Waals surface area contributed by atoms with Crippen LogP contribution in [0.3, 0.4) is 0 Å². The molecule has 0 bridgehead atoms. The van der Waals surface area contributed by atoms with Crippen molar-refractivity contribution in [1.29, 1.82) is 0 Å². The van der Waals surface area contributed by atoms with Crippen molar-refractivity contribution in [3.8, 4) is 22.6 Å². The van der Waals surface area contributed by atoms with Crippen LogP contribution in [-0.4, -0.2) is 66.1 Å². The molecule has 0 saturated carbocycles. The van der Waals surface area contributed by atoms with Crippen LogP contribution >= 0.6 is 0 Å². The maximum atomic E-state index is 13.5. The van der Waals surface area contributed by atoms with Gasteiger partial charge in [0.1, 0.15) is 11.5 Å². The molecule has 4 rings (SSSR count). The highest BCUT2D eigenvalue weighted by molar-refractivity contribution is 5.96. The Kier molecular flexibility index (Phi) is 8.32. The Hall–Kier alpha value is -3.45. The maximum absolute atomic E-state index is 13.5. The molecule has 1 aliphatic heterocycles. The Morgan fingerprint density at radius 3 is 2.34 bits per heavy atom. The van der Waals surface area contributed by atoms with Crippen LogP contribution in [0.1, 0.15) is 41.5 Å². The summed E-state index contributed by atoms with van der Waals surface area (Å²) in [6.45, 7) is 5.95. The standard InChI is InChI=1S/C28H34N4O3/c1-4-5-10-24-23(27-25(34-2)11-8-12-26(27)35-3)18-21(19-30-24)28(33)32-16-14-31(15-17-32)20-22-9-6-7-13-29-22/h6-9,11-13,18-19H,4-5,10,14-17,20H2,1-3H3. The number of ether oxygens (including phenoxy) is 2. The summed E-state index contributed by atoms with van der Waals surface area (Å²) in [6, 6.07) is 13.7. The van der Waals surface area contributed by atoms with E-state index >= 15 is 0 Å². The summed E-state index contributed by atoms with van der Waals surface area (Å²) < 4.78 is 11.3. The highest BCUT2D eigenvalue weighted by atomic mass is 16.5. The van der Waals surface area contributed by atoms with Crippen LogP contribution in [0.4, 0.5) is 0 Å². The van der Waals surface area contributed by atoms with Gasteiger partial charge in [-0.05, 0) is 43.2 Å². The van der Waals surface area contributed by atoms with Crippen LogP contribution < -0.4 is 9.47 Å². The van der Waals surface area contributed by atoms with E-state index in [1.807, 2.05) is 53.6 Å². The van der Waals surface area contributed by atoms with Crippen molar-refractivity contribution in [2.75, 3.05) is 40.4 Å². The quantitative estimate of drug-likeness (QED) is 0.456. The molecule has 184 valence electrons. The van der Waals surface area contributed by atoms with E-state index in [0.717, 1.165) is 61.4 Å². The summed E-state index contributed by atoms with van der Waals surface area (Å²) in [4.78, 5) is 26.9. The third-order valence-electron chi connectivity index (χ3n) is 6.45. The average molecular weight is 475 g/mol. The second-order valence-electron chi connectivity index (χ2n) is 8.75. The van der Waals surface area contributed by atoms with Gasteiger partial charge >= 0.3 is 0 Å². The van der Waals surface area contributed by atoms with E-state index in [-0.39, 0.29) is 5.91 Å². The summed E-state index contributed by atoms with van der Waals surface area (Å²) in [6.07, 6.45) is 6.45. The minimum absolute atomic E-state index is 0.00661. The molecule has 1 amide bonds. The lowest BCUT2D eigenvalue weighted by Crippen LogP contribution is -2.48. The van der Waals surface area contributed by atoms with Gasteiger partial charge in [0.15, 0.2) is 0 Å². The number of rotatable bonds is 9. The number of unbranched alkanes of at least 4 members (excludes halogenated alkanes) is 1. The maximum Gasteiger partial charge on any atom is 0.255 e. The smallest absolute Gasteiger partial charge is 0.255 e.